The molecule has 0 aromatic heterocycles. The smallest absolute Gasteiger partial charge is 0.199 e. The summed E-state index contributed by atoms with van der Waals surface area (Å²) in [7, 11) is -3.41. The van der Waals surface area contributed by atoms with Crippen molar-refractivity contribution >= 4 is 9.84 Å². The second-order valence-electron chi connectivity index (χ2n) is 3.16. The van der Waals surface area contributed by atoms with Gasteiger partial charge < -0.3 is 5.11 Å². The summed E-state index contributed by atoms with van der Waals surface area (Å²) >= 11 is 0. The fourth-order valence-electron chi connectivity index (χ4n) is 1.02. The van der Waals surface area contributed by atoms with Crippen LogP contribution in [0.15, 0.2) is 46.7 Å². The van der Waals surface area contributed by atoms with E-state index in [1.54, 1.807) is 25.1 Å². The zero-order valence-electron chi connectivity index (χ0n) is 8.50. The molecule has 0 heterocycles. The lowest BCUT2D eigenvalue weighted by molar-refractivity contribution is 0.219. The molecule has 0 saturated heterocycles. The predicted molar refractivity (Wildman–Crippen MR) is 59.1 cm³/mol. The highest BCUT2D eigenvalue weighted by molar-refractivity contribution is 7.94. The molecule has 1 aromatic rings. The highest BCUT2D eigenvalue weighted by Gasteiger charge is 2.09. The molecule has 0 fully saturated rings. The molecule has 0 aliphatic heterocycles. The van der Waals surface area contributed by atoms with Crippen LogP contribution in [0.4, 0.5) is 0 Å². The molecule has 1 N–H and O–H groups in total. The van der Waals surface area contributed by atoms with Crippen LogP contribution in [0.3, 0.4) is 0 Å². The molecule has 0 unspecified atom stereocenters. The first-order valence-corrected chi connectivity index (χ1v) is 6.27. The maximum atomic E-state index is 11.7. The molecule has 3 nitrogen and oxygen atoms in total. The summed E-state index contributed by atoms with van der Waals surface area (Å²) in [5.41, 5.74) is 0. The molecule has 0 aliphatic rings. The van der Waals surface area contributed by atoms with Crippen molar-refractivity contribution < 1.29 is 13.5 Å². The van der Waals surface area contributed by atoms with E-state index < -0.39 is 15.9 Å². The van der Waals surface area contributed by atoms with E-state index in [2.05, 4.69) is 0 Å². The molecule has 0 aliphatic carbocycles. The minimum atomic E-state index is -3.41. The number of benzene rings is 1. The number of aliphatic hydroxyl groups excluding tert-OH is 1. The van der Waals surface area contributed by atoms with Gasteiger partial charge in [-0.3, -0.25) is 0 Å². The predicted octanol–water partition coefficient (Wildman–Crippen LogP) is 1.74. The molecule has 4 heteroatoms. The molecule has 0 bridgehead atoms. The van der Waals surface area contributed by atoms with Gasteiger partial charge in [-0.1, -0.05) is 25.1 Å². The Kier molecular flexibility index (Phi) is 4.05. The Labute approximate surface area is 90.0 Å². The van der Waals surface area contributed by atoms with Gasteiger partial charge in [-0.05, 0) is 24.6 Å². The third kappa shape index (κ3) is 3.49. The third-order valence-electron chi connectivity index (χ3n) is 1.97. The van der Waals surface area contributed by atoms with E-state index in [9.17, 15) is 13.5 Å². The minimum Gasteiger partial charge on any atom is -0.389 e. The van der Waals surface area contributed by atoms with E-state index in [0.29, 0.717) is 6.42 Å². The first-order valence-electron chi connectivity index (χ1n) is 4.72. The molecule has 0 spiro atoms. The van der Waals surface area contributed by atoms with Crippen molar-refractivity contribution in [1.29, 1.82) is 0 Å². The second kappa shape index (κ2) is 5.09. The van der Waals surface area contributed by atoms with Crippen LogP contribution in [-0.2, 0) is 9.84 Å². The van der Waals surface area contributed by atoms with Gasteiger partial charge in [0.15, 0.2) is 9.84 Å². The lowest BCUT2D eigenvalue weighted by Crippen LogP contribution is -2.02. The Morgan fingerprint density at radius 1 is 1.33 bits per heavy atom. The van der Waals surface area contributed by atoms with E-state index in [-0.39, 0.29) is 4.90 Å². The largest absolute Gasteiger partial charge is 0.389 e. The van der Waals surface area contributed by atoms with Gasteiger partial charge in [-0.15, -0.1) is 0 Å². The zero-order chi connectivity index (χ0) is 11.3. The van der Waals surface area contributed by atoms with Crippen LogP contribution in [-0.4, -0.2) is 19.6 Å². The summed E-state index contributed by atoms with van der Waals surface area (Å²) < 4.78 is 23.3. The van der Waals surface area contributed by atoms with Crippen LogP contribution in [0.2, 0.25) is 0 Å². The van der Waals surface area contributed by atoms with Crippen LogP contribution < -0.4 is 0 Å². The number of hydrogen-bond donors (Lipinski definition) is 1. The Balaban J connectivity index is 2.91. The fraction of sp³-hybridized carbons (Fsp3) is 0.273. The summed E-state index contributed by atoms with van der Waals surface area (Å²) in [6.45, 7) is 1.78. The zero-order valence-corrected chi connectivity index (χ0v) is 9.31. The lowest BCUT2D eigenvalue weighted by Gasteiger charge is -2.00. The van der Waals surface area contributed by atoms with Crippen molar-refractivity contribution in [2.75, 3.05) is 0 Å². The second-order valence-corrected chi connectivity index (χ2v) is 5.00. The molecule has 0 saturated carbocycles. The summed E-state index contributed by atoms with van der Waals surface area (Å²) in [6.07, 6.45) is 1.09. The average Bonchev–Trinajstić information content (AvgIpc) is 2.27. The molecule has 15 heavy (non-hydrogen) atoms. The van der Waals surface area contributed by atoms with Crippen molar-refractivity contribution in [3.05, 3.63) is 41.8 Å². The summed E-state index contributed by atoms with van der Waals surface area (Å²) in [4.78, 5) is 0.240. The first-order chi connectivity index (χ1) is 7.06. The minimum absolute atomic E-state index is 0.240. The van der Waals surface area contributed by atoms with Gasteiger partial charge in [0.2, 0.25) is 0 Å². The van der Waals surface area contributed by atoms with Crippen LogP contribution in [0.5, 0.6) is 0 Å². The van der Waals surface area contributed by atoms with E-state index in [1.807, 2.05) is 0 Å². The SMILES string of the molecule is CC[C@@H](O)/C=C/S(=O)(=O)c1ccccc1. The number of rotatable bonds is 4. The van der Waals surface area contributed by atoms with Crippen molar-refractivity contribution in [1.82, 2.24) is 0 Å². The normalized spacial score (nSPS) is 14.3. The summed E-state index contributed by atoms with van der Waals surface area (Å²) in [5.74, 6) is 0. The van der Waals surface area contributed by atoms with Crippen LogP contribution in [0, 0.1) is 0 Å². The Hall–Kier alpha value is -1.13. The van der Waals surface area contributed by atoms with Gasteiger partial charge in [0.1, 0.15) is 0 Å². The first kappa shape index (κ1) is 11.9. The monoisotopic (exact) mass is 226 g/mol. The van der Waals surface area contributed by atoms with Gasteiger partial charge in [0.25, 0.3) is 0 Å². The molecule has 1 atom stereocenters. The van der Waals surface area contributed by atoms with Crippen molar-refractivity contribution in [2.24, 2.45) is 0 Å². The molecular formula is C11H14O3S. The van der Waals surface area contributed by atoms with E-state index >= 15 is 0 Å². The summed E-state index contributed by atoms with van der Waals surface area (Å²) in [6, 6.07) is 8.13. The Morgan fingerprint density at radius 3 is 2.47 bits per heavy atom. The van der Waals surface area contributed by atoms with Gasteiger partial charge in [-0.2, -0.15) is 0 Å². The maximum Gasteiger partial charge on any atom is 0.199 e. The average molecular weight is 226 g/mol. The summed E-state index contributed by atoms with van der Waals surface area (Å²) in [5, 5.41) is 10.3. The van der Waals surface area contributed by atoms with Gasteiger partial charge in [0, 0.05) is 5.41 Å². The number of hydrogen-bond acceptors (Lipinski definition) is 3. The molecule has 82 valence electrons. The standard InChI is InChI=1S/C11H14O3S/c1-2-10(12)8-9-15(13,14)11-6-4-3-5-7-11/h3-10,12H,2H2,1H3/b9-8+/t10-/m1/s1. The van der Waals surface area contributed by atoms with Gasteiger partial charge >= 0.3 is 0 Å². The highest BCUT2D eigenvalue weighted by Crippen LogP contribution is 2.11. The van der Waals surface area contributed by atoms with Crippen molar-refractivity contribution in [3.8, 4) is 0 Å². The van der Waals surface area contributed by atoms with E-state index in [1.165, 1.54) is 18.2 Å². The number of aliphatic hydroxyl groups is 1. The molecule has 1 rings (SSSR count). The Bertz CT molecular complexity index is 420. The molecule has 0 radical (unpaired) electrons. The quantitative estimate of drug-likeness (QED) is 0.851. The van der Waals surface area contributed by atoms with Crippen molar-refractivity contribution in [3.63, 3.8) is 0 Å². The molecular weight excluding hydrogens is 212 g/mol. The Morgan fingerprint density at radius 2 is 1.93 bits per heavy atom. The van der Waals surface area contributed by atoms with Gasteiger partial charge in [0.05, 0.1) is 11.0 Å². The molecule has 0 amide bonds. The van der Waals surface area contributed by atoms with E-state index in [0.717, 1.165) is 5.41 Å². The van der Waals surface area contributed by atoms with Crippen LogP contribution in [0.1, 0.15) is 13.3 Å². The number of sulfone groups is 1. The van der Waals surface area contributed by atoms with Gasteiger partial charge in [-0.25, -0.2) is 8.42 Å². The highest BCUT2D eigenvalue weighted by atomic mass is 32.2. The van der Waals surface area contributed by atoms with E-state index in [4.69, 9.17) is 0 Å². The maximum absolute atomic E-state index is 11.7. The lowest BCUT2D eigenvalue weighted by atomic mass is 10.3. The van der Waals surface area contributed by atoms with Crippen LogP contribution >= 0.6 is 0 Å². The molecule has 1 aromatic carbocycles. The third-order valence-corrected chi connectivity index (χ3v) is 3.41. The fourth-order valence-corrected chi connectivity index (χ4v) is 2.10. The topological polar surface area (TPSA) is 54.4 Å². The van der Waals surface area contributed by atoms with Crippen molar-refractivity contribution in [2.45, 2.75) is 24.3 Å². The van der Waals surface area contributed by atoms with Crippen LogP contribution in [0.25, 0.3) is 0 Å².